The quantitative estimate of drug-likeness (QED) is 0.0812. The summed E-state index contributed by atoms with van der Waals surface area (Å²) in [5.41, 5.74) is 5.75. The zero-order valence-electron chi connectivity index (χ0n) is 39.4. The van der Waals surface area contributed by atoms with Crippen LogP contribution in [0.15, 0.2) is 59.2 Å². The SMILES string of the molecule is CCc1ccc2c(P(C)(C)=O)c(Nc3nc(Nc4cc(C)c(N5CCC(N6CCN(C7CCN(c8cc(F)c([C@H]9CCC(=O)NC9=O)c(F)c8)CC7)CC6)CC5)cc4OC)ncc3Br)ccc2n1. The number of rotatable bonds is 12. The highest BCUT2D eigenvalue weighted by atomic mass is 79.9. The van der Waals surface area contributed by atoms with Gasteiger partial charge in [-0.1, -0.05) is 13.0 Å². The van der Waals surface area contributed by atoms with E-state index in [1.165, 1.54) is 12.1 Å². The number of nitrogens with one attached hydrogen (secondary N) is 3. The largest absolute Gasteiger partial charge is 0.494 e. The second kappa shape index (κ2) is 20.0. The van der Waals surface area contributed by atoms with Crippen molar-refractivity contribution in [3.8, 4) is 5.75 Å². The molecule has 1 atom stereocenters. The van der Waals surface area contributed by atoms with Crippen LogP contribution in [0.4, 0.5) is 43.3 Å². The zero-order chi connectivity index (χ0) is 47.9. The minimum absolute atomic E-state index is 0.0654. The van der Waals surface area contributed by atoms with Crippen LogP contribution in [0, 0.1) is 18.6 Å². The number of piperidine rings is 3. The molecule has 0 saturated carbocycles. The summed E-state index contributed by atoms with van der Waals surface area (Å²) in [6.07, 6.45) is 6.64. The molecule has 4 aliphatic heterocycles. The summed E-state index contributed by atoms with van der Waals surface area (Å²) in [6.45, 7) is 15.1. The van der Waals surface area contributed by atoms with Crippen molar-refractivity contribution >= 4 is 85.6 Å². The lowest BCUT2D eigenvalue weighted by Crippen LogP contribution is -2.56. The van der Waals surface area contributed by atoms with Crippen molar-refractivity contribution in [3.05, 3.63) is 87.7 Å². The number of aromatic nitrogens is 3. The van der Waals surface area contributed by atoms with Crippen LogP contribution in [0.3, 0.4) is 0 Å². The molecule has 3 N–H and O–H groups in total. The Bertz CT molecular complexity index is 2750. The van der Waals surface area contributed by atoms with Crippen molar-refractivity contribution in [2.75, 3.05) is 93.2 Å². The van der Waals surface area contributed by atoms with Crippen molar-refractivity contribution in [1.82, 2.24) is 30.1 Å². The Labute approximate surface area is 405 Å². The third-order valence-corrected chi connectivity index (χ3v) is 16.4. The molecule has 68 heavy (non-hydrogen) atoms. The van der Waals surface area contributed by atoms with Gasteiger partial charge in [0.25, 0.3) is 0 Å². The molecule has 6 heterocycles. The number of benzene rings is 3. The highest BCUT2D eigenvalue weighted by Gasteiger charge is 2.35. The van der Waals surface area contributed by atoms with Crippen molar-refractivity contribution in [1.29, 1.82) is 0 Å². The molecule has 0 radical (unpaired) electrons. The summed E-state index contributed by atoms with van der Waals surface area (Å²) in [4.78, 5) is 47.8. The minimum atomic E-state index is -2.74. The fraction of sp³-hybridized carbons (Fsp3) is 0.460. The van der Waals surface area contributed by atoms with E-state index < -0.39 is 36.5 Å². The van der Waals surface area contributed by atoms with E-state index in [0.717, 1.165) is 110 Å². The highest BCUT2D eigenvalue weighted by molar-refractivity contribution is 9.10. The Hall–Kier alpha value is -5.22. The summed E-state index contributed by atoms with van der Waals surface area (Å²) in [5.74, 6) is -1.94. The van der Waals surface area contributed by atoms with E-state index in [1.807, 2.05) is 29.2 Å². The first-order chi connectivity index (χ1) is 32.7. The number of hydrogen-bond donors (Lipinski definition) is 3. The fourth-order valence-corrected chi connectivity index (χ4v) is 12.4. The fourth-order valence-electron chi connectivity index (χ4n) is 10.6. The van der Waals surface area contributed by atoms with Crippen LogP contribution in [0.1, 0.15) is 68.2 Å². The number of amides is 2. The Morgan fingerprint density at radius 2 is 1.47 bits per heavy atom. The second-order valence-corrected chi connectivity index (χ2v) is 22.9. The second-order valence-electron chi connectivity index (χ2n) is 18.8. The Morgan fingerprint density at radius 1 is 0.824 bits per heavy atom. The van der Waals surface area contributed by atoms with Crippen LogP contribution in [0.5, 0.6) is 5.75 Å². The molecule has 4 saturated heterocycles. The molecule has 14 nitrogen and oxygen atoms in total. The molecule has 0 unspecified atom stereocenters. The summed E-state index contributed by atoms with van der Waals surface area (Å²) >= 11 is 3.62. The maximum atomic E-state index is 15.3. The van der Waals surface area contributed by atoms with Gasteiger partial charge >= 0.3 is 0 Å². The van der Waals surface area contributed by atoms with Crippen LogP contribution in [0.2, 0.25) is 0 Å². The Balaban J connectivity index is 0.778. The molecular weight excluding hydrogens is 953 g/mol. The molecule has 18 heteroatoms. The van der Waals surface area contributed by atoms with E-state index in [-0.39, 0.29) is 18.4 Å². The number of hydrogen-bond acceptors (Lipinski definition) is 13. The normalized spacial score (nSPS) is 19.4. The maximum Gasteiger partial charge on any atom is 0.234 e. The van der Waals surface area contributed by atoms with Crippen molar-refractivity contribution in [3.63, 3.8) is 0 Å². The number of pyridine rings is 1. The van der Waals surface area contributed by atoms with E-state index in [9.17, 15) is 14.2 Å². The van der Waals surface area contributed by atoms with Gasteiger partial charge in [-0.3, -0.25) is 29.7 Å². The van der Waals surface area contributed by atoms with Gasteiger partial charge in [0.2, 0.25) is 17.8 Å². The molecule has 0 bridgehead atoms. The van der Waals surface area contributed by atoms with Crippen LogP contribution in [0.25, 0.3) is 10.9 Å². The smallest absolute Gasteiger partial charge is 0.234 e. The number of piperazine rings is 1. The first-order valence-electron chi connectivity index (χ1n) is 23.7. The predicted molar refractivity (Wildman–Crippen MR) is 269 cm³/mol. The number of carbonyl (C=O) groups excluding carboxylic acids is 2. The number of carbonyl (C=O) groups is 2. The molecule has 3 aromatic carbocycles. The maximum absolute atomic E-state index is 15.3. The first-order valence-corrected chi connectivity index (χ1v) is 27.1. The van der Waals surface area contributed by atoms with Gasteiger partial charge in [-0.2, -0.15) is 4.98 Å². The van der Waals surface area contributed by atoms with Gasteiger partial charge in [0.1, 0.15) is 30.3 Å². The standard InChI is InChI=1S/C50H60BrF2N10O4P/c1-6-31-7-8-35-40(55-31)10-11-41(47(35)68(4,5)66)56-48-37(51)29-54-50(59-48)57-42-25-30(2)43(28-44(42)67-3)63-19-15-33(16-20-63)62-23-21-61(22-24-62)32-13-17-60(18-14-32)34-26-38(52)46(39(53)27-34)36-9-12-45(64)58-49(36)65/h7-8,10-11,25-29,32-33,36H,6,9,12-24H2,1-5H3,(H,58,64,65)(H2,54,56,57,59)/t36-/m1/s1. The molecular formula is C50H60BrF2N10O4P. The number of methoxy groups -OCH3 is 1. The lowest BCUT2D eigenvalue weighted by Gasteiger charge is -2.46. The lowest BCUT2D eigenvalue weighted by atomic mass is 9.89. The molecule has 0 spiro atoms. The first kappa shape index (κ1) is 47.8. The van der Waals surface area contributed by atoms with Crippen molar-refractivity contribution < 1.29 is 27.7 Å². The van der Waals surface area contributed by atoms with Crippen LogP contribution < -0.4 is 35.8 Å². The molecule has 360 valence electrons. The number of imide groups is 1. The third kappa shape index (κ3) is 10.1. The van der Waals surface area contributed by atoms with E-state index in [0.29, 0.717) is 58.5 Å². The van der Waals surface area contributed by atoms with Crippen molar-refractivity contribution in [2.45, 2.75) is 76.8 Å². The number of nitrogens with zero attached hydrogens (tertiary/aromatic N) is 7. The zero-order valence-corrected chi connectivity index (χ0v) is 41.9. The Kier molecular flexibility index (Phi) is 14.1. The van der Waals surface area contributed by atoms with Crippen LogP contribution in [-0.2, 0) is 20.6 Å². The van der Waals surface area contributed by atoms with E-state index in [1.54, 1.807) is 26.6 Å². The van der Waals surface area contributed by atoms with Gasteiger partial charge in [-0.15, -0.1) is 0 Å². The molecule has 5 aromatic rings. The van der Waals surface area contributed by atoms with E-state index in [4.69, 9.17) is 14.7 Å². The van der Waals surface area contributed by atoms with Crippen LogP contribution >= 0.6 is 23.1 Å². The number of ether oxygens (including phenoxy) is 1. The molecule has 2 amide bonds. The van der Waals surface area contributed by atoms with Gasteiger partial charge in [0.05, 0.1) is 34.4 Å². The number of aryl methyl sites for hydroxylation is 2. The summed E-state index contributed by atoms with van der Waals surface area (Å²) < 4.78 is 50.9. The van der Waals surface area contributed by atoms with Gasteiger partial charge in [-0.25, -0.2) is 13.8 Å². The lowest BCUT2D eigenvalue weighted by molar-refractivity contribution is -0.134. The predicted octanol–water partition coefficient (Wildman–Crippen LogP) is 8.46. The van der Waals surface area contributed by atoms with Crippen molar-refractivity contribution in [2.24, 2.45) is 0 Å². The third-order valence-electron chi connectivity index (χ3n) is 14.2. The average molecular weight is 1010 g/mol. The van der Waals surface area contributed by atoms with Gasteiger partial charge < -0.3 is 29.7 Å². The van der Waals surface area contributed by atoms with Gasteiger partial charge in [0.15, 0.2) is 0 Å². The molecule has 9 rings (SSSR count). The van der Waals surface area contributed by atoms with Crippen LogP contribution in [-0.4, -0.2) is 121 Å². The molecule has 4 aliphatic rings. The monoisotopic (exact) mass is 1010 g/mol. The number of anilines is 6. The number of fused-ring (bicyclic) bond motifs is 1. The van der Waals surface area contributed by atoms with E-state index >= 15 is 8.78 Å². The summed E-state index contributed by atoms with van der Waals surface area (Å²) in [6, 6.07) is 15.7. The summed E-state index contributed by atoms with van der Waals surface area (Å²) in [5, 5.41) is 10.6. The highest BCUT2D eigenvalue weighted by Crippen LogP contribution is 2.43. The Morgan fingerprint density at radius 3 is 2.07 bits per heavy atom. The van der Waals surface area contributed by atoms with Gasteiger partial charge in [-0.05, 0) is 117 Å². The molecule has 2 aromatic heterocycles. The van der Waals surface area contributed by atoms with Gasteiger partial charge in [0, 0.05) is 116 Å². The minimum Gasteiger partial charge on any atom is -0.494 e. The van der Waals surface area contributed by atoms with E-state index in [2.05, 4.69) is 77.5 Å². The molecule has 4 fully saturated rings. The molecule has 0 aliphatic carbocycles. The summed E-state index contributed by atoms with van der Waals surface area (Å²) in [7, 11) is -1.07. The number of halogens is 3. The topological polar surface area (TPSA) is 148 Å². The average Bonchev–Trinajstić information content (AvgIpc) is 3.32.